The van der Waals surface area contributed by atoms with Crippen LogP contribution in [0.5, 0.6) is 0 Å². The van der Waals surface area contributed by atoms with E-state index in [1.165, 1.54) is 18.4 Å². The lowest BCUT2D eigenvalue weighted by Gasteiger charge is -2.14. The topological polar surface area (TPSA) is 51.8 Å². The molecule has 0 spiro atoms. The molecule has 0 radical (unpaired) electrons. The zero-order valence-corrected chi connectivity index (χ0v) is 8.83. The van der Waals surface area contributed by atoms with Crippen molar-refractivity contribution >= 4 is 0 Å². The molecule has 0 aliphatic heterocycles. The zero-order valence-electron chi connectivity index (χ0n) is 8.83. The van der Waals surface area contributed by atoms with Crippen molar-refractivity contribution in [1.82, 2.24) is 10.2 Å². The van der Waals surface area contributed by atoms with Gasteiger partial charge in [-0.1, -0.05) is 6.92 Å². The molecule has 0 bridgehead atoms. The number of aryl methyl sites for hydroxylation is 2. The van der Waals surface area contributed by atoms with Crippen molar-refractivity contribution in [3.8, 4) is 0 Å². The van der Waals surface area contributed by atoms with Gasteiger partial charge < -0.3 is 5.73 Å². The number of hydrogen-bond donors (Lipinski definition) is 1. The molecular formula is C11H17N3. The molecule has 1 aromatic rings. The highest BCUT2D eigenvalue weighted by molar-refractivity contribution is 5.26. The minimum Gasteiger partial charge on any atom is -0.324 e. The van der Waals surface area contributed by atoms with Gasteiger partial charge in [0.15, 0.2) is 0 Å². The van der Waals surface area contributed by atoms with E-state index in [9.17, 15) is 0 Å². The van der Waals surface area contributed by atoms with Crippen LogP contribution in [-0.4, -0.2) is 10.2 Å². The normalized spacial score (nSPS) is 18.2. The van der Waals surface area contributed by atoms with E-state index >= 15 is 0 Å². The zero-order chi connectivity index (χ0) is 10.1. The summed E-state index contributed by atoms with van der Waals surface area (Å²) in [7, 11) is 0. The molecule has 0 aromatic carbocycles. The first kappa shape index (κ1) is 9.59. The standard InChI is InChI=1S/C11H17N3/c1-3-10-9(6-7(2)13-14-10)11(12)8-4-5-8/h6,8,11H,3-5,12H2,1-2H3. The van der Waals surface area contributed by atoms with Gasteiger partial charge in [-0.2, -0.15) is 10.2 Å². The van der Waals surface area contributed by atoms with Crippen LogP contribution in [0.25, 0.3) is 0 Å². The molecule has 2 rings (SSSR count). The fourth-order valence-electron chi connectivity index (χ4n) is 1.81. The first-order valence-corrected chi connectivity index (χ1v) is 5.31. The third-order valence-electron chi connectivity index (χ3n) is 2.85. The Hall–Kier alpha value is -0.960. The van der Waals surface area contributed by atoms with Gasteiger partial charge in [0.25, 0.3) is 0 Å². The summed E-state index contributed by atoms with van der Waals surface area (Å²) in [6, 6.07) is 2.27. The third-order valence-corrected chi connectivity index (χ3v) is 2.85. The Morgan fingerprint density at radius 3 is 2.79 bits per heavy atom. The quantitative estimate of drug-likeness (QED) is 0.792. The van der Waals surface area contributed by atoms with Crippen molar-refractivity contribution in [3.05, 3.63) is 23.0 Å². The smallest absolute Gasteiger partial charge is 0.0676 e. The lowest BCUT2D eigenvalue weighted by molar-refractivity contribution is 0.616. The summed E-state index contributed by atoms with van der Waals surface area (Å²) in [4.78, 5) is 0. The monoisotopic (exact) mass is 191 g/mol. The first-order valence-electron chi connectivity index (χ1n) is 5.31. The molecule has 0 amide bonds. The number of hydrogen-bond acceptors (Lipinski definition) is 3. The van der Waals surface area contributed by atoms with Gasteiger partial charge in [-0.15, -0.1) is 0 Å². The molecule has 14 heavy (non-hydrogen) atoms. The van der Waals surface area contributed by atoms with Gasteiger partial charge in [-0.3, -0.25) is 0 Å². The van der Waals surface area contributed by atoms with E-state index in [1.807, 2.05) is 6.92 Å². The maximum absolute atomic E-state index is 6.18. The molecule has 1 saturated carbocycles. The second kappa shape index (κ2) is 3.65. The highest BCUT2D eigenvalue weighted by atomic mass is 15.1. The number of nitrogens with zero attached hydrogens (tertiary/aromatic N) is 2. The van der Waals surface area contributed by atoms with Crippen molar-refractivity contribution in [2.75, 3.05) is 0 Å². The molecular weight excluding hydrogens is 174 g/mol. The van der Waals surface area contributed by atoms with Crippen LogP contribution < -0.4 is 5.73 Å². The number of aromatic nitrogens is 2. The maximum atomic E-state index is 6.18. The van der Waals surface area contributed by atoms with Crippen LogP contribution in [0, 0.1) is 12.8 Å². The molecule has 3 heteroatoms. The van der Waals surface area contributed by atoms with Crippen molar-refractivity contribution in [2.24, 2.45) is 11.7 Å². The van der Waals surface area contributed by atoms with Crippen LogP contribution in [0.15, 0.2) is 6.07 Å². The van der Waals surface area contributed by atoms with E-state index in [-0.39, 0.29) is 6.04 Å². The summed E-state index contributed by atoms with van der Waals surface area (Å²) in [6.07, 6.45) is 3.46. The summed E-state index contributed by atoms with van der Waals surface area (Å²) in [6.45, 7) is 4.07. The fraction of sp³-hybridized carbons (Fsp3) is 0.636. The van der Waals surface area contributed by atoms with Gasteiger partial charge in [-0.25, -0.2) is 0 Å². The third kappa shape index (κ3) is 1.77. The van der Waals surface area contributed by atoms with E-state index in [0.29, 0.717) is 5.92 Å². The average Bonchev–Trinajstić information content (AvgIpc) is 3.00. The second-order valence-electron chi connectivity index (χ2n) is 4.10. The molecule has 2 N–H and O–H groups in total. The molecule has 1 heterocycles. The average molecular weight is 191 g/mol. The molecule has 1 aromatic heterocycles. The van der Waals surface area contributed by atoms with Gasteiger partial charge in [0.2, 0.25) is 0 Å². The molecule has 1 aliphatic carbocycles. The highest BCUT2D eigenvalue weighted by Crippen LogP contribution is 2.40. The molecule has 1 aliphatic rings. The van der Waals surface area contributed by atoms with Gasteiger partial charge in [0.05, 0.1) is 11.4 Å². The fourth-order valence-corrected chi connectivity index (χ4v) is 1.81. The number of rotatable bonds is 3. The van der Waals surface area contributed by atoms with Crippen LogP contribution in [-0.2, 0) is 6.42 Å². The van der Waals surface area contributed by atoms with E-state index in [0.717, 1.165) is 17.8 Å². The van der Waals surface area contributed by atoms with Gasteiger partial charge in [0, 0.05) is 6.04 Å². The number of nitrogens with two attached hydrogens (primary N) is 1. The summed E-state index contributed by atoms with van der Waals surface area (Å²) < 4.78 is 0. The van der Waals surface area contributed by atoms with E-state index in [2.05, 4.69) is 23.2 Å². The van der Waals surface area contributed by atoms with Gasteiger partial charge in [0.1, 0.15) is 0 Å². The molecule has 0 saturated heterocycles. The van der Waals surface area contributed by atoms with Crippen molar-refractivity contribution < 1.29 is 0 Å². The van der Waals surface area contributed by atoms with Crippen LogP contribution in [0.3, 0.4) is 0 Å². The Morgan fingerprint density at radius 1 is 1.50 bits per heavy atom. The molecule has 1 unspecified atom stereocenters. The minimum atomic E-state index is 0.180. The predicted octanol–water partition coefficient (Wildman–Crippen LogP) is 1.76. The summed E-state index contributed by atoms with van der Waals surface area (Å²) in [5.41, 5.74) is 9.42. The summed E-state index contributed by atoms with van der Waals surface area (Å²) in [5.74, 6) is 0.684. The Bertz CT molecular complexity index is 331. The molecule has 76 valence electrons. The van der Waals surface area contributed by atoms with E-state index in [4.69, 9.17) is 5.73 Å². The van der Waals surface area contributed by atoms with Crippen molar-refractivity contribution in [1.29, 1.82) is 0 Å². The van der Waals surface area contributed by atoms with Crippen LogP contribution >= 0.6 is 0 Å². The summed E-state index contributed by atoms with van der Waals surface area (Å²) in [5, 5.41) is 8.27. The minimum absolute atomic E-state index is 0.180. The van der Waals surface area contributed by atoms with Crippen LogP contribution in [0.2, 0.25) is 0 Å². The van der Waals surface area contributed by atoms with Crippen molar-refractivity contribution in [2.45, 2.75) is 39.2 Å². The Kier molecular flexibility index (Phi) is 2.50. The highest BCUT2D eigenvalue weighted by Gasteiger charge is 2.31. The SMILES string of the molecule is CCc1nnc(C)cc1C(N)C1CC1. The molecule has 1 fully saturated rings. The lowest BCUT2D eigenvalue weighted by atomic mass is 10.0. The van der Waals surface area contributed by atoms with Crippen LogP contribution in [0.1, 0.15) is 42.8 Å². The van der Waals surface area contributed by atoms with Crippen molar-refractivity contribution in [3.63, 3.8) is 0 Å². The van der Waals surface area contributed by atoms with Crippen LogP contribution in [0.4, 0.5) is 0 Å². The lowest BCUT2D eigenvalue weighted by Crippen LogP contribution is -2.16. The summed E-state index contributed by atoms with van der Waals surface area (Å²) >= 11 is 0. The first-order chi connectivity index (χ1) is 6.72. The Morgan fingerprint density at radius 2 is 2.21 bits per heavy atom. The molecule has 3 nitrogen and oxygen atoms in total. The van der Waals surface area contributed by atoms with Gasteiger partial charge >= 0.3 is 0 Å². The van der Waals surface area contributed by atoms with E-state index in [1.54, 1.807) is 0 Å². The largest absolute Gasteiger partial charge is 0.324 e. The molecule has 1 atom stereocenters. The maximum Gasteiger partial charge on any atom is 0.0676 e. The Balaban J connectivity index is 2.32. The van der Waals surface area contributed by atoms with Gasteiger partial charge in [-0.05, 0) is 43.7 Å². The Labute approximate surface area is 84.7 Å². The second-order valence-corrected chi connectivity index (χ2v) is 4.10. The van der Waals surface area contributed by atoms with E-state index < -0.39 is 0 Å². The predicted molar refractivity (Wildman–Crippen MR) is 55.8 cm³/mol.